The highest BCUT2D eigenvalue weighted by atomic mass is 16.7. The maximum absolute atomic E-state index is 12.8. The minimum atomic E-state index is -0.656. The Hall–Kier alpha value is -4.18. The van der Waals surface area contributed by atoms with Gasteiger partial charge in [0.1, 0.15) is 0 Å². The number of hydrogen-bond donors (Lipinski definition) is 3. The summed E-state index contributed by atoms with van der Waals surface area (Å²) < 4.78 is 13.2. The fraction of sp³-hybridized carbons (Fsp3) is 0.333. The summed E-state index contributed by atoms with van der Waals surface area (Å²) in [5, 5.41) is 23.5. The van der Waals surface area contributed by atoms with E-state index >= 15 is 0 Å². The van der Waals surface area contributed by atoms with E-state index in [1.54, 1.807) is 24.3 Å². The van der Waals surface area contributed by atoms with Gasteiger partial charge in [-0.15, -0.1) is 0 Å². The van der Waals surface area contributed by atoms with Crippen LogP contribution in [0, 0.1) is 5.92 Å². The molecule has 8 heteroatoms. The highest BCUT2D eigenvalue weighted by Gasteiger charge is 2.39. The standard InChI is InChI=1S/C39H44N2O6/c1-25-35(23-41(4)26(2)37(45)30-9-6-5-7-10-30)46-39(47-38(25)31-17-15-29(24-42)16-18-31)32-19-13-28(14-20-32)21-36(44)40-34-12-8-11-33(22-34)27(3)43/h5-20,22,25-26,35,37-39,42,45H,21,23-24H2,1-4H3,(H,40,44). The molecular formula is C39H44N2O6. The van der Waals surface area contributed by atoms with Crippen LogP contribution in [-0.4, -0.2) is 52.5 Å². The van der Waals surface area contributed by atoms with E-state index in [4.69, 9.17) is 9.47 Å². The molecule has 3 N–H and O–H groups in total. The molecule has 8 nitrogen and oxygen atoms in total. The van der Waals surface area contributed by atoms with Gasteiger partial charge in [-0.2, -0.15) is 0 Å². The lowest BCUT2D eigenvalue weighted by atomic mass is 9.89. The van der Waals surface area contributed by atoms with Gasteiger partial charge in [0.15, 0.2) is 12.1 Å². The molecule has 0 aromatic heterocycles. The first-order chi connectivity index (χ1) is 22.6. The molecule has 5 rings (SSSR count). The van der Waals surface area contributed by atoms with Crippen molar-refractivity contribution in [3.63, 3.8) is 0 Å². The van der Waals surface area contributed by atoms with Crippen molar-refractivity contribution in [3.05, 3.63) is 137 Å². The molecule has 1 aliphatic heterocycles. The van der Waals surface area contributed by atoms with Crippen LogP contribution in [0.3, 0.4) is 0 Å². The summed E-state index contributed by atoms with van der Waals surface area (Å²) in [6, 6.07) is 31.9. The van der Waals surface area contributed by atoms with E-state index in [0.717, 1.165) is 27.8 Å². The molecule has 6 atom stereocenters. The number of anilines is 1. The maximum atomic E-state index is 12.8. The molecule has 4 aromatic rings. The van der Waals surface area contributed by atoms with E-state index in [9.17, 15) is 19.8 Å². The van der Waals surface area contributed by atoms with Crippen LogP contribution in [0.2, 0.25) is 0 Å². The third kappa shape index (κ3) is 8.60. The zero-order valence-electron chi connectivity index (χ0n) is 27.4. The van der Waals surface area contributed by atoms with Crippen molar-refractivity contribution in [2.45, 2.75) is 64.4 Å². The SMILES string of the molecule is CC(=O)c1cccc(NC(=O)Cc2ccc(C3OC(CN(C)C(C)C(O)c4ccccc4)C(C)C(c4ccc(CO)cc4)O3)cc2)c1. The molecule has 0 radical (unpaired) electrons. The summed E-state index contributed by atoms with van der Waals surface area (Å²) >= 11 is 0. The lowest BCUT2D eigenvalue weighted by Gasteiger charge is -2.43. The molecule has 246 valence electrons. The monoisotopic (exact) mass is 636 g/mol. The Kier molecular flexibility index (Phi) is 11.3. The van der Waals surface area contributed by atoms with Gasteiger partial charge < -0.3 is 25.0 Å². The number of aliphatic hydroxyl groups is 2. The van der Waals surface area contributed by atoms with Crippen LogP contribution in [0.5, 0.6) is 0 Å². The smallest absolute Gasteiger partial charge is 0.228 e. The number of Topliss-reactive ketones (excluding diaryl/α,β-unsaturated/α-hetero) is 1. The molecule has 0 saturated carbocycles. The average molecular weight is 637 g/mol. The fourth-order valence-corrected chi connectivity index (χ4v) is 5.95. The quantitative estimate of drug-likeness (QED) is 0.154. The van der Waals surface area contributed by atoms with Crippen molar-refractivity contribution in [3.8, 4) is 0 Å². The zero-order valence-corrected chi connectivity index (χ0v) is 27.4. The Morgan fingerprint density at radius 2 is 1.53 bits per heavy atom. The number of ketones is 1. The van der Waals surface area contributed by atoms with Crippen molar-refractivity contribution in [1.82, 2.24) is 4.90 Å². The number of nitrogens with zero attached hydrogens (tertiary/aromatic N) is 1. The van der Waals surface area contributed by atoms with Gasteiger partial charge >= 0.3 is 0 Å². The molecule has 0 bridgehead atoms. The van der Waals surface area contributed by atoms with Crippen LogP contribution in [0.4, 0.5) is 5.69 Å². The van der Waals surface area contributed by atoms with Crippen LogP contribution in [0.1, 0.15) is 77.4 Å². The Morgan fingerprint density at radius 3 is 2.19 bits per heavy atom. The van der Waals surface area contributed by atoms with Crippen LogP contribution in [-0.2, 0) is 27.3 Å². The maximum Gasteiger partial charge on any atom is 0.228 e. The van der Waals surface area contributed by atoms with Gasteiger partial charge in [0.25, 0.3) is 0 Å². The van der Waals surface area contributed by atoms with Crippen molar-refractivity contribution >= 4 is 17.4 Å². The number of benzene rings is 4. The Balaban J connectivity index is 1.31. The predicted molar refractivity (Wildman–Crippen MR) is 182 cm³/mol. The number of carbonyl (C=O) groups excluding carboxylic acids is 2. The number of likely N-dealkylation sites (N-methyl/N-ethyl adjacent to an activating group) is 1. The number of nitrogens with one attached hydrogen (secondary N) is 1. The topological polar surface area (TPSA) is 108 Å². The van der Waals surface area contributed by atoms with E-state index < -0.39 is 12.4 Å². The minimum absolute atomic E-state index is 0.0146. The number of amides is 1. The summed E-state index contributed by atoms with van der Waals surface area (Å²) in [5.74, 6) is -0.256. The number of ether oxygens (including phenoxy) is 2. The first kappa shape index (κ1) is 34.2. The molecular weight excluding hydrogens is 592 g/mol. The second-order valence-corrected chi connectivity index (χ2v) is 12.5. The second kappa shape index (κ2) is 15.6. The van der Waals surface area contributed by atoms with Crippen LogP contribution in [0.15, 0.2) is 103 Å². The predicted octanol–water partition coefficient (Wildman–Crippen LogP) is 6.41. The van der Waals surface area contributed by atoms with Gasteiger partial charge in [-0.1, -0.05) is 97.9 Å². The Morgan fingerprint density at radius 1 is 0.872 bits per heavy atom. The lowest BCUT2D eigenvalue weighted by molar-refractivity contribution is -0.276. The zero-order chi connectivity index (χ0) is 33.5. The Labute approximate surface area is 277 Å². The van der Waals surface area contributed by atoms with Crippen molar-refractivity contribution < 1.29 is 29.3 Å². The third-order valence-electron chi connectivity index (χ3n) is 9.05. The van der Waals surface area contributed by atoms with Gasteiger partial charge in [0.2, 0.25) is 5.91 Å². The molecule has 0 spiro atoms. The van der Waals surface area contributed by atoms with E-state index in [1.165, 1.54) is 6.92 Å². The summed E-state index contributed by atoms with van der Waals surface area (Å²) in [7, 11) is 2.00. The summed E-state index contributed by atoms with van der Waals surface area (Å²) in [4.78, 5) is 26.6. The van der Waals surface area contributed by atoms with Crippen molar-refractivity contribution in [2.24, 2.45) is 5.92 Å². The highest BCUT2D eigenvalue weighted by Crippen LogP contribution is 2.42. The highest BCUT2D eigenvalue weighted by molar-refractivity contribution is 5.97. The molecule has 1 aliphatic rings. The number of hydrogen-bond acceptors (Lipinski definition) is 7. The van der Waals surface area contributed by atoms with Gasteiger partial charge in [0.05, 0.1) is 31.3 Å². The van der Waals surface area contributed by atoms with Gasteiger partial charge in [0, 0.05) is 35.3 Å². The Bertz CT molecular complexity index is 1630. The molecule has 1 amide bonds. The van der Waals surface area contributed by atoms with E-state index in [1.807, 2.05) is 92.8 Å². The largest absolute Gasteiger partial charge is 0.392 e. The van der Waals surface area contributed by atoms with Gasteiger partial charge in [-0.05, 0) is 55.3 Å². The molecule has 0 aliphatic carbocycles. The number of aliphatic hydroxyl groups excluding tert-OH is 2. The van der Waals surface area contributed by atoms with E-state index in [-0.39, 0.29) is 48.9 Å². The van der Waals surface area contributed by atoms with E-state index in [0.29, 0.717) is 17.8 Å². The van der Waals surface area contributed by atoms with Crippen molar-refractivity contribution in [2.75, 3.05) is 18.9 Å². The first-order valence-corrected chi connectivity index (χ1v) is 16.1. The van der Waals surface area contributed by atoms with Crippen LogP contribution < -0.4 is 5.32 Å². The molecule has 1 heterocycles. The van der Waals surface area contributed by atoms with Gasteiger partial charge in [-0.25, -0.2) is 0 Å². The minimum Gasteiger partial charge on any atom is -0.392 e. The van der Waals surface area contributed by atoms with Crippen molar-refractivity contribution in [1.29, 1.82) is 0 Å². The average Bonchev–Trinajstić information content (AvgIpc) is 3.09. The third-order valence-corrected chi connectivity index (χ3v) is 9.05. The molecule has 1 saturated heterocycles. The fourth-order valence-electron chi connectivity index (χ4n) is 5.95. The number of rotatable bonds is 12. The second-order valence-electron chi connectivity index (χ2n) is 12.5. The normalized spacial score (nSPS) is 20.8. The lowest BCUT2D eigenvalue weighted by Crippen LogP contribution is -2.46. The van der Waals surface area contributed by atoms with E-state index in [2.05, 4.69) is 17.1 Å². The molecule has 4 aromatic carbocycles. The molecule has 1 fully saturated rings. The van der Waals surface area contributed by atoms with Crippen LogP contribution in [0.25, 0.3) is 0 Å². The number of carbonyl (C=O) groups is 2. The summed E-state index contributed by atoms with van der Waals surface area (Å²) in [6.07, 6.45) is -1.63. The molecule has 47 heavy (non-hydrogen) atoms. The van der Waals surface area contributed by atoms with Gasteiger partial charge in [-0.3, -0.25) is 14.5 Å². The molecule has 6 unspecified atom stereocenters. The first-order valence-electron chi connectivity index (χ1n) is 16.1. The van der Waals surface area contributed by atoms with Crippen LogP contribution >= 0.6 is 0 Å². The summed E-state index contributed by atoms with van der Waals surface area (Å²) in [6.45, 7) is 6.16. The summed E-state index contributed by atoms with van der Waals surface area (Å²) in [5.41, 5.74) is 5.48.